The lowest BCUT2D eigenvalue weighted by Crippen LogP contribution is -2.50. The molecular weight excluding hydrogens is 446 g/mol. The number of rotatable bonds is 3. The highest BCUT2D eigenvalue weighted by molar-refractivity contribution is 6.27. The molecule has 3 aromatic rings. The van der Waals surface area contributed by atoms with Crippen LogP contribution in [0.15, 0.2) is 54.7 Å². The van der Waals surface area contributed by atoms with Gasteiger partial charge in [-0.05, 0) is 51.1 Å². The number of pyridine rings is 1. The van der Waals surface area contributed by atoms with Gasteiger partial charge in [0.2, 0.25) is 0 Å². The summed E-state index contributed by atoms with van der Waals surface area (Å²) < 4.78 is 5.50. The fraction of sp³-hybridized carbons (Fsp3) is 0.308. The maximum atomic E-state index is 13.3. The molecule has 2 aliphatic rings. The average Bonchev–Trinajstić information content (AvgIpc) is 2.84. The van der Waals surface area contributed by atoms with Crippen LogP contribution in [0.5, 0.6) is 0 Å². The first kappa shape index (κ1) is 22.6. The Kier molecular flexibility index (Phi) is 5.55. The van der Waals surface area contributed by atoms with Gasteiger partial charge in [0.05, 0.1) is 11.1 Å². The molecule has 3 heterocycles. The predicted molar refractivity (Wildman–Crippen MR) is 132 cm³/mol. The summed E-state index contributed by atoms with van der Waals surface area (Å²) in [7, 11) is 0. The summed E-state index contributed by atoms with van der Waals surface area (Å²) in [6, 6.07) is 14.4. The highest BCUT2D eigenvalue weighted by Gasteiger charge is 2.35. The molecule has 0 spiro atoms. The van der Waals surface area contributed by atoms with E-state index >= 15 is 0 Å². The Labute approximate surface area is 203 Å². The number of nitrogens with zero attached hydrogens (tertiary/aromatic N) is 4. The van der Waals surface area contributed by atoms with Gasteiger partial charge < -0.3 is 14.5 Å². The van der Waals surface area contributed by atoms with E-state index < -0.39 is 17.4 Å². The minimum absolute atomic E-state index is 0.314. The molecule has 0 bridgehead atoms. The number of nitrogens with one attached hydrogen (secondary N) is 1. The van der Waals surface area contributed by atoms with E-state index in [1.165, 1.54) is 0 Å². The molecule has 5 rings (SSSR count). The van der Waals surface area contributed by atoms with Crippen LogP contribution in [0.25, 0.3) is 10.8 Å². The molecule has 1 aromatic heterocycles. The zero-order valence-electron chi connectivity index (χ0n) is 19.9. The molecular formula is C26H27N5O4. The quantitative estimate of drug-likeness (QED) is 0.576. The Morgan fingerprint density at radius 3 is 2.29 bits per heavy atom. The molecule has 2 aromatic carbocycles. The monoisotopic (exact) mass is 473 g/mol. The van der Waals surface area contributed by atoms with E-state index in [1.807, 2.05) is 39.0 Å². The van der Waals surface area contributed by atoms with Crippen LogP contribution in [0, 0.1) is 0 Å². The molecule has 180 valence electrons. The van der Waals surface area contributed by atoms with Crippen LogP contribution in [0.1, 0.15) is 41.5 Å². The number of carbonyl (C=O) groups excluding carboxylic acids is 3. The van der Waals surface area contributed by atoms with Gasteiger partial charge in [-0.3, -0.25) is 15.0 Å². The first-order chi connectivity index (χ1) is 16.7. The molecule has 0 atom stereocenters. The van der Waals surface area contributed by atoms with E-state index in [0.29, 0.717) is 48.5 Å². The fourth-order valence-corrected chi connectivity index (χ4v) is 4.46. The molecule has 2 aliphatic heterocycles. The summed E-state index contributed by atoms with van der Waals surface area (Å²) in [6.07, 6.45) is 1.27. The van der Waals surface area contributed by atoms with Crippen molar-refractivity contribution in [1.29, 1.82) is 0 Å². The van der Waals surface area contributed by atoms with Crippen molar-refractivity contribution in [2.45, 2.75) is 26.4 Å². The largest absolute Gasteiger partial charge is 0.444 e. The van der Waals surface area contributed by atoms with Gasteiger partial charge in [-0.1, -0.05) is 18.2 Å². The van der Waals surface area contributed by atoms with Crippen molar-refractivity contribution in [1.82, 2.24) is 14.9 Å². The summed E-state index contributed by atoms with van der Waals surface area (Å²) in [6.45, 7) is 7.85. The second-order valence-electron chi connectivity index (χ2n) is 9.59. The molecule has 0 saturated carbocycles. The Hall–Kier alpha value is -4.14. The highest BCUT2D eigenvalue weighted by atomic mass is 16.6. The van der Waals surface area contributed by atoms with Crippen molar-refractivity contribution >= 4 is 40.2 Å². The summed E-state index contributed by atoms with van der Waals surface area (Å²) in [4.78, 5) is 47.0. The first-order valence-electron chi connectivity index (χ1n) is 11.6. The Balaban J connectivity index is 1.42. The number of hydrogen-bond acceptors (Lipinski definition) is 7. The van der Waals surface area contributed by atoms with E-state index in [0.717, 1.165) is 16.1 Å². The molecule has 9 heteroatoms. The lowest BCUT2D eigenvalue weighted by atomic mass is 9.93. The molecule has 0 radical (unpaired) electrons. The minimum Gasteiger partial charge on any atom is -0.444 e. The lowest BCUT2D eigenvalue weighted by Gasteiger charge is -2.37. The molecule has 1 fully saturated rings. The van der Waals surface area contributed by atoms with Crippen LogP contribution in [0.3, 0.4) is 0 Å². The number of piperazine rings is 1. The van der Waals surface area contributed by atoms with Crippen LogP contribution in [0.4, 0.5) is 16.3 Å². The van der Waals surface area contributed by atoms with Crippen molar-refractivity contribution in [2.24, 2.45) is 0 Å². The lowest BCUT2D eigenvalue weighted by molar-refractivity contribution is 0.0240. The van der Waals surface area contributed by atoms with E-state index in [1.54, 1.807) is 41.4 Å². The molecule has 1 saturated heterocycles. The average molecular weight is 474 g/mol. The highest BCUT2D eigenvalue weighted by Crippen LogP contribution is 2.36. The van der Waals surface area contributed by atoms with E-state index in [-0.39, 0.29) is 6.09 Å². The van der Waals surface area contributed by atoms with Gasteiger partial charge in [0.15, 0.2) is 0 Å². The zero-order valence-corrected chi connectivity index (χ0v) is 19.9. The zero-order chi connectivity index (χ0) is 24.7. The number of ether oxygens (including phenoxy) is 1. The Morgan fingerprint density at radius 2 is 1.63 bits per heavy atom. The SMILES string of the molecule is CC(C)(C)OC(=O)N1CCN(c2ccc3c4c(cccc24)C(=O)N(Nc2ccccn2)C3=O)CC1. The third kappa shape index (κ3) is 4.25. The van der Waals surface area contributed by atoms with Crippen LogP contribution in [-0.2, 0) is 4.74 Å². The van der Waals surface area contributed by atoms with Crippen molar-refractivity contribution in [2.75, 3.05) is 36.5 Å². The predicted octanol–water partition coefficient (Wildman–Crippen LogP) is 3.92. The molecule has 0 unspecified atom stereocenters. The van der Waals surface area contributed by atoms with Crippen LogP contribution in [0.2, 0.25) is 0 Å². The van der Waals surface area contributed by atoms with Gasteiger partial charge >= 0.3 is 6.09 Å². The normalized spacial score (nSPS) is 16.0. The van der Waals surface area contributed by atoms with E-state index in [4.69, 9.17) is 4.74 Å². The number of amides is 3. The standard InChI is InChI=1S/C26H27N5O4/c1-26(2,3)35-25(34)30-15-13-29(14-16-30)20-11-10-19-22-17(20)7-6-8-18(22)23(32)31(24(19)33)28-21-9-4-5-12-27-21/h4-12H,13-16H2,1-3H3,(H,27,28). The molecule has 0 aliphatic carbocycles. The molecule has 9 nitrogen and oxygen atoms in total. The van der Waals surface area contributed by atoms with Crippen LogP contribution in [-0.4, -0.2) is 64.6 Å². The van der Waals surface area contributed by atoms with Gasteiger partial charge in [-0.15, -0.1) is 0 Å². The number of imide groups is 1. The maximum Gasteiger partial charge on any atom is 0.410 e. The summed E-state index contributed by atoms with van der Waals surface area (Å²) in [5.41, 5.74) is 4.14. The maximum absolute atomic E-state index is 13.3. The minimum atomic E-state index is -0.539. The Bertz CT molecular complexity index is 1290. The van der Waals surface area contributed by atoms with Crippen molar-refractivity contribution in [3.8, 4) is 0 Å². The number of carbonyl (C=O) groups is 3. The first-order valence-corrected chi connectivity index (χ1v) is 11.6. The van der Waals surface area contributed by atoms with Crippen molar-refractivity contribution in [3.63, 3.8) is 0 Å². The number of benzene rings is 2. The fourth-order valence-electron chi connectivity index (χ4n) is 4.46. The van der Waals surface area contributed by atoms with Crippen molar-refractivity contribution in [3.05, 3.63) is 65.9 Å². The molecule has 35 heavy (non-hydrogen) atoms. The van der Waals surface area contributed by atoms with E-state index in [9.17, 15) is 14.4 Å². The summed E-state index contributed by atoms with van der Waals surface area (Å²) in [5, 5.41) is 2.50. The van der Waals surface area contributed by atoms with Crippen LogP contribution >= 0.6 is 0 Å². The van der Waals surface area contributed by atoms with Crippen LogP contribution < -0.4 is 10.3 Å². The van der Waals surface area contributed by atoms with Gasteiger partial charge in [0.1, 0.15) is 11.4 Å². The third-order valence-electron chi connectivity index (χ3n) is 6.05. The van der Waals surface area contributed by atoms with Crippen molar-refractivity contribution < 1.29 is 19.1 Å². The summed E-state index contributed by atoms with van der Waals surface area (Å²) >= 11 is 0. The third-order valence-corrected chi connectivity index (χ3v) is 6.05. The molecule has 1 N–H and O–H groups in total. The number of anilines is 2. The summed E-state index contributed by atoms with van der Waals surface area (Å²) in [5.74, 6) is -0.444. The second kappa shape index (κ2) is 8.57. The molecule has 3 amide bonds. The van der Waals surface area contributed by atoms with Gasteiger partial charge in [0, 0.05) is 48.8 Å². The second-order valence-corrected chi connectivity index (χ2v) is 9.59. The topological polar surface area (TPSA) is 95.1 Å². The van der Waals surface area contributed by atoms with E-state index in [2.05, 4.69) is 15.3 Å². The van der Waals surface area contributed by atoms with Gasteiger partial charge in [-0.2, -0.15) is 5.01 Å². The van der Waals surface area contributed by atoms with Gasteiger partial charge in [-0.25, -0.2) is 9.78 Å². The smallest absolute Gasteiger partial charge is 0.410 e. The number of hydrazine groups is 1. The van der Waals surface area contributed by atoms with Gasteiger partial charge in [0.25, 0.3) is 11.8 Å². The Morgan fingerprint density at radius 1 is 0.914 bits per heavy atom. The number of aromatic nitrogens is 1. The number of hydrogen-bond donors (Lipinski definition) is 1.